The lowest BCUT2D eigenvalue weighted by Crippen LogP contribution is -2.42. The molecule has 0 radical (unpaired) electrons. The molecule has 1 unspecified atom stereocenters. The van der Waals surface area contributed by atoms with Crippen LogP contribution in [0.25, 0.3) is 11.0 Å². The van der Waals surface area contributed by atoms with Gasteiger partial charge in [-0.2, -0.15) is 0 Å². The van der Waals surface area contributed by atoms with Gasteiger partial charge in [-0.15, -0.1) is 11.3 Å². The zero-order valence-electron chi connectivity index (χ0n) is 21.0. The van der Waals surface area contributed by atoms with Crippen molar-refractivity contribution in [1.82, 2.24) is 14.5 Å². The van der Waals surface area contributed by atoms with Gasteiger partial charge in [0.1, 0.15) is 11.6 Å². The van der Waals surface area contributed by atoms with E-state index in [1.165, 1.54) is 48.7 Å². The highest BCUT2D eigenvalue weighted by atomic mass is 32.1. The molecule has 2 fully saturated rings. The zero-order chi connectivity index (χ0) is 24.3. The summed E-state index contributed by atoms with van der Waals surface area (Å²) in [6, 6.07) is 13.7. The molecule has 36 heavy (non-hydrogen) atoms. The van der Waals surface area contributed by atoms with Crippen LogP contribution in [0, 0.1) is 17.3 Å². The van der Waals surface area contributed by atoms with Crippen molar-refractivity contribution in [3.05, 3.63) is 70.4 Å². The Morgan fingerprint density at radius 1 is 1.08 bits per heavy atom. The number of imidazole rings is 1. The summed E-state index contributed by atoms with van der Waals surface area (Å²) in [7, 11) is 1.76. The third kappa shape index (κ3) is 3.41. The summed E-state index contributed by atoms with van der Waals surface area (Å²) in [6.45, 7) is 3.07. The number of methoxy groups -OCH3 is 1. The number of nitrogens with zero attached hydrogens (tertiary/aromatic N) is 3. The molecule has 3 aliphatic carbocycles. The summed E-state index contributed by atoms with van der Waals surface area (Å²) in [6.07, 6.45) is 11.4. The summed E-state index contributed by atoms with van der Waals surface area (Å²) in [5.41, 5.74) is 5.68. The first kappa shape index (κ1) is 22.3. The second-order valence-electron chi connectivity index (χ2n) is 11.1. The van der Waals surface area contributed by atoms with Crippen LogP contribution in [0.3, 0.4) is 0 Å². The van der Waals surface area contributed by atoms with E-state index in [9.17, 15) is 0 Å². The van der Waals surface area contributed by atoms with Gasteiger partial charge >= 0.3 is 0 Å². The molecule has 0 aliphatic heterocycles. The molecular formula is C30H33N3O2S. The van der Waals surface area contributed by atoms with Crippen molar-refractivity contribution in [3.63, 3.8) is 0 Å². The van der Waals surface area contributed by atoms with E-state index in [1.54, 1.807) is 18.4 Å². The molecule has 5 atom stereocenters. The van der Waals surface area contributed by atoms with Crippen molar-refractivity contribution in [3.8, 4) is 11.5 Å². The van der Waals surface area contributed by atoms with Crippen LogP contribution in [0.15, 0.2) is 54.3 Å². The van der Waals surface area contributed by atoms with Gasteiger partial charge in [-0.05, 0) is 97.1 Å². The molecule has 0 spiro atoms. The molecule has 5 nitrogen and oxygen atoms in total. The van der Waals surface area contributed by atoms with Gasteiger partial charge in [-0.3, -0.25) is 0 Å². The molecule has 2 heterocycles. The van der Waals surface area contributed by atoms with Gasteiger partial charge in [-0.1, -0.05) is 19.1 Å². The number of rotatable bonds is 5. The monoisotopic (exact) mass is 499 g/mol. The molecule has 186 valence electrons. The highest BCUT2D eigenvalue weighted by molar-refractivity contribution is 7.09. The number of para-hydroxylation sites is 2. The van der Waals surface area contributed by atoms with E-state index in [-0.39, 0.29) is 0 Å². The number of aryl methyl sites for hydroxylation is 1. The van der Waals surface area contributed by atoms with Gasteiger partial charge < -0.3 is 14.0 Å². The zero-order valence-corrected chi connectivity index (χ0v) is 21.8. The number of hydrogen-bond donors (Lipinski definition) is 0. The minimum Gasteiger partial charge on any atom is -0.493 e. The molecule has 7 rings (SSSR count). The molecule has 2 aromatic heterocycles. The molecular weight excluding hydrogens is 466 g/mol. The number of thiazole rings is 1. The third-order valence-electron chi connectivity index (χ3n) is 9.61. The fraction of sp³-hybridized carbons (Fsp3) is 0.467. The van der Waals surface area contributed by atoms with Gasteiger partial charge in [0, 0.05) is 17.6 Å². The lowest BCUT2D eigenvalue weighted by atomic mass is 9.55. The van der Waals surface area contributed by atoms with Gasteiger partial charge in [0.25, 0.3) is 0 Å². The smallest absolute Gasteiger partial charge is 0.162 e. The van der Waals surface area contributed by atoms with E-state index in [0.717, 1.165) is 40.3 Å². The average Bonchev–Trinajstić information content (AvgIpc) is 3.65. The first-order valence-electron chi connectivity index (χ1n) is 13.3. The molecule has 3 aliphatic rings. The molecule has 0 bridgehead atoms. The molecule has 2 aromatic carbocycles. The van der Waals surface area contributed by atoms with Gasteiger partial charge in [0.05, 0.1) is 24.5 Å². The minimum atomic E-state index is 0.322. The first-order chi connectivity index (χ1) is 17.7. The summed E-state index contributed by atoms with van der Waals surface area (Å²) >= 11 is 1.62. The van der Waals surface area contributed by atoms with Crippen molar-refractivity contribution in [2.24, 2.45) is 17.3 Å². The lowest BCUT2D eigenvalue weighted by molar-refractivity contribution is 0.0330. The number of hydrogen-bond acceptors (Lipinski definition) is 5. The van der Waals surface area contributed by atoms with E-state index in [1.807, 2.05) is 11.6 Å². The van der Waals surface area contributed by atoms with Crippen molar-refractivity contribution < 1.29 is 9.47 Å². The second kappa shape index (κ2) is 8.62. The Balaban J connectivity index is 1.17. The van der Waals surface area contributed by atoms with Crippen LogP contribution >= 0.6 is 11.3 Å². The Kier molecular flexibility index (Phi) is 5.35. The van der Waals surface area contributed by atoms with Crippen molar-refractivity contribution in [1.29, 1.82) is 0 Å². The fourth-order valence-electron chi connectivity index (χ4n) is 7.97. The van der Waals surface area contributed by atoms with Crippen molar-refractivity contribution in [2.75, 3.05) is 7.11 Å². The predicted molar refractivity (Wildman–Crippen MR) is 143 cm³/mol. The number of benzene rings is 2. The average molecular weight is 500 g/mol. The Morgan fingerprint density at radius 3 is 2.86 bits per heavy atom. The van der Waals surface area contributed by atoms with Gasteiger partial charge in [0.2, 0.25) is 0 Å². The van der Waals surface area contributed by atoms with Crippen molar-refractivity contribution in [2.45, 2.75) is 64.0 Å². The summed E-state index contributed by atoms with van der Waals surface area (Å²) in [4.78, 5) is 9.09. The molecule has 0 amide bonds. The van der Waals surface area contributed by atoms with E-state index in [4.69, 9.17) is 14.5 Å². The largest absolute Gasteiger partial charge is 0.493 e. The highest BCUT2D eigenvalue weighted by Gasteiger charge is 2.55. The summed E-state index contributed by atoms with van der Waals surface area (Å²) < 4.78 is 14.5. The molecule has 2 saturated carbocycles. The highest BCUT2D eigenvalue weighted by Crippen LogP contribution is 2.64. The van der Waals surface area contributed by atoms with Crippen LogP contribution < -0.4 is 9.47 Å². The quantitative estimate of drug-likeness (QED) is 0.292. The standard InChI is InChI=1S/C30H33N3O2S/c1-30-12-11-20-21(23(30)9-10-28(30)33-18-32-24-5-3-4-6-25(24)33)8-7-19-15-27(26(34-2)16-22(19)20)35-17-29-31-13-14-36-29/h3-6,13-16,18,20-21,23,28H,7-12,17H2,1-2H3/t20-,21+,23-,28?,30-/m0/s1. The van der Waals surface area contributed by atoms with Crippen LogP contribution in [0.5, 0.6) is 11.5 Å². The van der Waals surface area contributed by atoms with Crippen LogP contribution in [0.1, 0.15) is 67.1 Å². The fourth-order valence-corrected chi connectivity index (χ4v) is 8.50. The normalized spacial score (nSPS) is 28.9. The number of ether oxygens (including phenoxy) is 2. The maximum absolute atomic E-state index is 6.16. The minimum absolute atomic E-state index is 0.322. The molecule has 4 aromatic rings. The summed E-state index contributed by atoms with van der Waals surface area (Å²) in [5.74, 6) is 3.81. The first-order valence-corrected chi connectivity index (χ1v) is 14.2. The maximum atomic E-state index is 6.16. The van der Waals surface area contributed by atoms with Crippen molar-refractivity contribution >= 4 is 22.4 Å². The predicted octanol–water partition coefficient (Wildman–Crippen LogP) is 7.18. The Labute approximate surface area is 216 Å². The van der Waals surface area contributed by atoms with Gasteiger partial charge in [0.15, 0.2) is 11.5 Å². The second-order valence-corrected chi connectivity index (χ2v) is 12.1. The molecule has 0 saturated heterocycles. The Bertz CT molecular complexity index is 1400. The molecule has 0 N–H and O–H groups in total. The van der Waals surface area contributed by atoms with Crippen LogP contribution in [-0.2, 0) is 13.0 Å². The lowest BCUT2D eigenvalue weighted by Gasteiger charge is -2.51. The van der Waals surface area contributed by atoms with E-state index >= 15 is 0 Å². The number of fused-ring (bicyclic) bond motifs is 6. The van der Waals surface area contributed by atoms with Crippen LogP contribution in [0.4, 0.5) is 0 Å². The Morgan fingerprint density at radius 2 is 2.00 bits per heavy atom. The van der Waals surface area contributed by atoms with Crippen LogP contribution in [0.2, 0.25) is 0 Å². The van der Waals surface area contributed by atoms with E-state index < -0.39 is 0 Å². The Hall–Kier alpha value is -2.86. The van der Waals surface area contributed by atoms with E-state index in [2.05, 4.69) is 59.2 Å². The van der Waals surface area contributed by atoms with Gasteiger partial charge in [-0.25, -0.2) is 9.97 Å². The third-order valence-corrected chi connectivity index (χ3v) is 10.4. The summed E-state index contributed by atoms with van der Waals surface area (Å²) in [5, 5.41) is 2.98. The maximum Gasteiger partial charge on any atom is 0.162 e. The van der Waals surface area contributed by atoms with Crippen LogP contribution in [-0.4, -0.2) is 21.6 Å². The topological polar surface area (TPSA) is 49.2 Å². The van der Waals surface area contributed by atoms with E-state index in [0.29, 0.717) is 24.0 Å². The molecule has 6 heteroatoms. The SMILES string of the molecule is COc1cc2c(cc1OCc1nccs1)CC[C@@H]1[C@@H]2CC[C@]2(C)C(n3cnc4ccccc43)CC[C@@H]12. The number of aromatic nitrogens is 3.